The van der Waals surface area contributed by atoms with Gasteiger partial charge in [0.1, 0.15) is 30.1 Å². The van der Waals surface area contributed by atoms with Gasteiger partial charge in [0, 0.05) is 13.7 Å². The number of rotatable bonds is 3. The number of nitrogens with zero attached hydrogens (tertiary/aromatic N) is 1. The highest BCUT2D eigenvalue weighted by atomic mass is 35.5. The highest BCUT2D eigenvalue weighted by molar-refractivity contribution is 6.43. The van der Waals surface area contributed by atoms with Crippen molar-refractivity contribution in [3.8, 4) is 0 Å². The molecule has 0 amide bonds. The second-order valence-corrected chi connectivity index (χ2v) is 6.59. The van der Waals surface area contributed by atoms with Gasteiger partial charge in [0.15, 0.2) is 6.23 Å². The molecule has 6 nitrogen and oxygen atoms in total. The minimum absolute atomic E-state index is 0.258. The lowest BCUT2D eigenvalue weighted by Crippen LogP contribution is -2.34. The van der Waals surface area contributed by atoms with Crippen LogP contribution in [0.4, 0.5) is 0 Å². The van der Waals surface area contributed by atoms with E-state index in [1.54, 1.807) is 18.2 Å². The van der Waals surface area contributed by atoms with Crippen LogP contribution in [0.2, 0.25) is 15.2 Å². The maximum Gasteiger partial charge on any atom is 0.302 e. The third kappa shape index (κ3) is 3.10. The molecule has 1 aromatic carbocycles. The van der Waals surface area contributed by atoms with Crippen LogP contribution in [-0.4, -0.2) is 45.7 Å². The molecule has 0 saturated carbocycles. The highest BCUT2D eigenvalue weighted by Crippen LogP contribution is 2.38. The summed E-state index contributed by atoms with van der Waals surface area (Å²) in [6, 6.07) is 4.85. The van der Waals surface area contributed by atoms with Crippen molar-refractivity contribution in [2.45, 2.75) is 31.4 Å². The SMILES string of the molecule is [2H]CC(=O)OC[C@H]1OC(n2c(Cl)cc3cc(Cl)c(Cl)cc32)[C@H](O)[C@@H]1O. The first-order valence-electron chi connectivity index (χ1n) is 7.66. The molecule has 130 valence electrons. The van der Waals surface area contributed by atoms with E-state index >= 15 is 0 Å². The molecule has 1 aliphatic heterocycles. The maximum atomic E-state index is 11.1. The van der Waals surface area contributed by atoms with Crippen LogP contribution in [0, 0.1) is 0 Å². The van der Waals surface area contributed by atoms with Crippen molar-refractivity contribution in [3.63, 3.8) is 0 Å². The smallest absolute Gasteiger partial charge is 0.302 e. The summed E-state index contributed by atoms with van der Waals surface area (Å²) in [5, 5.41) is 22.1. The van der Waals surface area contributed by atoms with Gasteiger partial charge in [-0.25, -0.2) is 0 Å². The van der Waals surface area contributed by atoms with Gasteiger partial charge in [0.25, 0.3) is 0 Å². The number of carbonyl (C=O) groups is 1. The van der Waals surface area contributed by atoms with Gasteiger partial charge in [-0.2, -0.15) is 0 Å². The van der Waals surface area contributed by atoms with Crippen LogP contribution in [0.25, 0.3) is 10.9 Å². The number of esters is 1. The van der Waals surface area contributed by atoms with Gasteiger partial charge < -0.3 is 24.3 Å². The summed E-state index contributed by atoms with van der Waals surface area (Å²) in [4.78, 5) is 11.1. The third-order valence-corrected chi connectivity index (χ3v) is 4.85. The molecular weight excluding hydrogens is 381 g/mol. The Kier molecular flexibility index (Phi) is 4.60. The molecule has 4 atom stereocenters. The molecule has 1 saturated heterocycles. The monoisotopic (exact) mass is 394 g/mol. The van der Waals surface area contributed by atoms with E-state index < -0.39 is 37.4 Å². The second kappa shape index (κ2) is 6.71. The highest BCUT2D eigenvalue weighted by Gasteiger charge is 2.45. The zero-order valence-corrected chi connectivity index (χ0v) is 14.4. The Morgan fingerprint density at radius 2 is 2.00 bits per heavy atom. The number of fused-ring (bicyclic) bond motifs is 1. The summed E-state index contributed by atoms with van der Waals surface area (Å²) in [6.45, 7) is -0.821. The van der Waals surface area contributed by atoms with Crippen molar-refractivity contribution < 1.29 is 25.9 Å². The summed E-state index contributed by atoms with van der Waals surface area (Å²) in [5.74, 6) is -0.750. The molecule has 1 aromatic heterocycles. The molecule has 0 radical (unpaired) electrons. The lowest BCUT2D eigenvalue weighted by Gasteiger charge is -2.19. The molecule has 1 aliphatic rings. The molecule has 0 spiro atoms. The molecule has 0 aliphatic carbocycles. The van der Waals surface area contributed by atoms with Gasteiger partial charge in [-0.05, 0) is 18.2 Å². The summed E-state index contributed by atoms with van der Waals surface area (Å²) < 4.78 is 18.9. The van der Waals surface area contributed by atoms with Gasteiger partial charge in [-0.15, -0.1) is 0 Å². The van der Waals surface area contributed by atoms with Crippen molar-refractivity contribution in [3.05, 3.63) is 33.4 Å². The van der Waals surface area contributed by atoms with E-state index in [2.05, 4.69) is 0 Å². The number of benzene rings is 1. The van der Waals surface area contributed by atoms with E-state index in [1.807, 2.05) is 0 Å². The van der Waals surface area contributed by atoms with Gasteiger partial charge in [0.2, 0.25) is 0 Å². The minimum Gasteiger partial charge on any atom is -0.463 e. The predicted octanol–water partition coefficient (Wildman–Crippen LogP) is 2.78. The first-order chi connectivity index (χ1) is 11.8. The number of aliphatic hydroxyl groups is 2. The zero-order valence-electron chi connectivity index (χ0n) is 13.2. The molecule has 2 N–H and O–H groups in total. The summed E-state index contributed by atoms with van der Waals surface area (Å²) in [5.41, 5.74) is 0.569. The van der Waals surface area contributed by atoms with Gasteiger partial charge in [-0.3, -0.25) is 4.79 Å². The molecule has 9 heteroatoms. The molecule has 0 bridgehead atoms. The van der Waals surface area contributed by atoms with Crippen LogP contribution in [-0.2, 0) is 14.3 Å². The third-order valence-electron chi connectivity index (χ3n) is 3.83. The number of hydrogen-bond acceptors (Lipinski definition) is 5. The predicted molar refractivity (Wildman–Crippen MR) is 89.5 cm³/mol. The van der Waals surface area contributed by atoms with Crippen LogP contribution in [0.5, 0.6) is 0 Å². The fourth-order valence-electron chi connectivity index (χ4n) is 2.70. The van der Waals surface area contributed by atoms with E-state index in [0.717, 1.165) is 0 Å². The van der Waals surface area contributed by atoms with Crippen molar-refractivity contribution in [1.82, 2.24) is 4.57 Å². The van der Waals surface area contributed by atoms with E-state index in [0.29, 0.717) is 20.9 Å². The van der Waals surface area contributed by atoms with Crippen molar-refractivity contribution in [2.75, 3.05) is 6.61 Å². The molecular formula is C15H14Cl3NO5. The Hall–Kier alpha value is -1.02. The largest absolute Gasteiger partial charge is 0.463 e. The van der Waals surface area contributed by atoms with Crippen molar-refractivity contribution in [1.29, 1.82) is 0 Å². The van der Waals surface area contributed by atoms with Crippen molar-refractivity contribution >= 4 is 51.7 Å². The maximum absolute atomic E-state index is 11.1. The van der Waals surface area contributed by atoms with Crippen LogP contribution < -0.4 is 0 Å². The van der Waals surface area contributed by atoms with E-state index in [-0.39, 0.29) is 11.8 Å². The molecule has 1 fully saturated rings. The van der Waals surface area contributed by atoms with E-state index in [4.69, 9.17) is 45.6 Å². The molecule has 2 aromatic rings. The lowest BCUT2D eigenvalue weighted by molar-refractivity contribution is -0.147. The Morgan fingerprint density at radius 1 is 1.29 bits per heavy atom. The molecule has 24 heavy (non-hydrogen) atoms. The molecule has 3 rings (SSSR count). The number of aliphatic hydroxyl groups excluding tert-OH is 2. The van der Waals surface area contributed by atoms with Gasteiger partial charge >= 0.3 is 5.97 Å². The minimum atomic E-state index is -1.30. The number of carbonyl (C=O) groups excluding carboxylic acids is 1. The number of ether oxygens (including phenoxy) is 2. The Balaban J connectivity index is 1.91. The molecule has 1 unspecified atom stereocenters. The zero-order chi connectivity index (χ0) is 18.3. The topological polar surface area (TPSA) is 80.9 Å². The van der Waals surface area contributed by atoms with Gasteiger partial charge in [-0.1, -0.05) is 34.8 Å². The Bertz CT molecular complexity index is 814. The number of aromatic nitrogens is 1. The lowest BCUT2D eigenvalue weighted by atomic mass is 10.1. The Labute approximate surface area is 153 Å². The first-order valence-corrected chi connectivity index (χ1v) is 8.08. The Morgan fingerprint density at radius 3 is 2.71 bits per heavy atom. The fourth-order valence-corrected chi connectivity index (χ4v) is 3.34. The standard InChI is InChI=1S/C15H14Cl3NO5/c1-6(20)23-5-11-13(21)14(22)15(24-11)19-10-4-9(17)8(16)2-7(10)3-12(19)18/h2-4,11,13-15,21-22H,5H2,1H3/t11-,13-,14-,15?/m1/s1/i1D. The van der Waals surface area contributed by atoms with Crippen molar-refractivity contribution in [2.24, 2.45) is 0 Å². The first kappa shape index (κ1) is 16.4. The second-order valence-electron chi connectivity index (χ2n) is 5.39. The average molecular weight is 396 g/mol. The van der Waals surface area contributed by atoms with E-state index in [9.17, 15) is 15.0 Å². The number of halogens is 3. The number of hydrogen-bond donors (Lipinski definition) is 2. The molecule has 2 heterocycles. The van der Waals surface area contributed by atoms with Crippen LogP contribution in [0.3, 0.4) is 0 Å². The summed E-state index contributed by atoms with van der Waals surface area (Å²) in [7, 11) is 0. The van der Waals surface area contributed by atoms with Gasteiger partial charge in [0.05, 0.1) is 15.6 Å². The average Bonchev–Trinajstić information content (AvgIpc) is 3.02. The quantitative estimate of drug-likeness (QED) is 0.781. The normalized spacial score (nSPS) is 27.5. The van der Waals surface area contributed by atoms with Crippen LogP contribution in [0.15, 0.2) is 18.2 Å². The summed E-state index contributed by atoms with van der Waals surface area (Å²) in [6.07, 6.45) is -4.55. The summed E-state index contributed by atoms with van der Waals surface area (Å²) >= 11 is 18.3. The van der Waals surface area contributed by atoms with E-state index in [1.165, 1.54) is 4.57 Å². The fraction of sp³-hybridized carbons (Fsp3) is 0.400. The van der Waals surface area contributed by atoms with Crippen LogP contribution in [0.1, 0.15) is 14.5 Å². The van der Waals surface area contributed by atoms with Crippen LogP contribution >= 0.6 is 34.8 Å².